The molecule has 2 heteroatoms. The molecule has 0 heterocycles. The van der Waals surface area contributed by atoms with Crippen LogP contribution in [-0.2, 0) is 0 Å². The average Bonchev–Trinajstić information content (AvgIpc) is 2.19. The van der Waals surface area contributed by atoms with Crippen molar-refractivity contribution in [2.24, 2.45) is 5.41 Å². The standard InChI is InChI=1S/C13H27NO/c1-5-9-14(6-2)12-10-11(15)7-8-13(12,3)4/h11-12,15H,5-10H2,1-4H3. The van der Waals surface area contributed by atoms with Crippen molar-refractivity contribution in [3.63, 3.8) is 0 Å². The molecule has 0 aromatic rings. The molecule has 1 saturated carbocycles. The van der Waals surface area contributed by atoms with E-state index in [4.69, 9.17) is 0 Å². The van der Waals surface area contributed by atoms with E-state index in [1.807, 2.05) is 0 Å². The predicted molar refractivity (Wildman–Crippen MR) is 65.0 cm³/mol. The van der Waals surface area contributed by atoms with Crippen LogP contribution in [0.2, 0.25) is 0 Å². The van der Waals surface area contributed by atoms with E-state index < -0.39 is 0 Å². The van der Waals surface area contributed by atoms with Gasteiger partial charge in [-0.3, -0.25) is 0 Å². The molecule has 2 atom stereocenters. The first-order valence-electron chi connectivity index (χ1n) is 6.43. The van der Waals surface area contributed by atoms with Gasteiger partial charge in [0, 0.05) is 6.04 Å². The van der Waals surface area contributed by atoms with Crippen molar-refractivity contribution in [2.75, 3.05) is 13.1 Å². The van der Waals surface area contributed by atoms with Gasteiger partial charge in [-0.05, 0) is 44.2 Å². The Balaban J connectivity index is 2.68. The van der Waals surface area contributed by atoms with Crippen LogP contribution in [0.25, 0.3) is 0 Å². The lowest BCUT2D eigenvalue weighted by Crippen LogP contribution is -2.50. The summed E-state index contributed by atoms with van der Waals surface area (Å²) in [5, 5.41) is 9.80. The molecule has 0 saturated heterocycles. The minimum atomic E-state index is -0.0751. The summed E-state index contributed by atoms with van der Waals surface area (Å²) in [4.78, 5) is 2.54. The summed E-state index contributed by atoms with van der Waals surface area (Å²) >= 11 is 0. The highest BCUT2D eigenvalue weighted by atomic mass is 16.3. The summed E-state index contributed by atoms with van der Waals surface area (Å²) < 4.78 is 0. The maximum absolute atomic E-state index is 9.80. The van der Waals surface area contributed by atoms with Gasteiger partial charge in [-0.1, -0.05) is 27.7 Å². The zero-order chi connectivity index (χ0) is 11.5. The molecule has 2 nitrogen and oxygen atoms in total. The van der Waals surface area contributed by atoms with Gasteiger partial charge >= 0.3 is 0 Å². The molecule has 0 amide bonds. The molecule has 0 bridgehead atoms. The van der Waals surface area contributed by atoms with Gasteiger partial charge in [-0.2, -0.15) is 0 Å². The van der Waals surface area contributed by atoms with Crippen LogP contribution in [0, 0.1) is 5.41 Å². The van der Waals surface area contributed by atoms with Crippen molar-refractivity contribution in [1.82, 2.24) is 4.90 Å². The third-order valence-corrected chi connectivity index (χ3v) is 3.88. The van der Waals surface area contributed by atoms with Gasteiger partial charge in [-0.15, -0.1) is 0 Å². The summed E-state index contributed by atoms with van der Waals surface area (Å²) in [6.07, 6.45) is 4.22. The molecule has 1 N–H and O–H groups in total. The molecule has 2 unspecified atom stereocenters. The molecule has 0 aromatic carbocycles. The molecule has 90 valence electrons. The number of aliphatic hydroxyl groups is 1. The van der Waals surface area contributed by atoms with E-state index in [9.17, 15) is 5.11 Å². The number of nitrogens with zero attached hydrogens (tertiary/aromatic N) is 1. The monoisotopic (exact) mass is 213 g/mol. The van der Waals surface area contributed by atoms with Gasteiger partial charge in [-0.25, -0.2) is 0 Å². The second kappa shape index (κ2) is 5.31. The fraction of sp³-hybridized carbons (Fsp3) is 1.00. The van der Waals surface area contributed by atoms with Crippen LogP contribution in [0.1, 0.15) is 53.4 Å². The van der Waals surface area contributed by atoms with Crippen molar-refractivity contribution in [3.8, 4) is 0 Å². The Bertz CT molecular complexity index is 191. The Kier molecular flexibility index (Phi) is 4.60. The average molecular weight is 213 g/mol. The Labute approximate surface area is 94.7 Å². The van der Waals surface area contributed by atoms with Crippen LogP contribution in [-0.4, -0.2) is 35.2 Å². The molecule has 1 fully saturated rings. The molecule has 1 aliphatic rings. The SMILES string of the molecule is CCCN(CC)C1CC(O)CCC1(C)C. The Morgan fingerprint density at radius 2 is 2.00 bits per heavy atom. The minimum Gasteiger partial charge on any atom is -0.393 e. The maximum Gasteiger partial charge on any atom is 0.0555 e. The predicted octanol–water partition coefficient (Wildman–Crippen LogP) is 2.66. The molecule has 15 heavy (non-hydrogen) atoms. The van der Waals surface area contributed by atoms with E-state index in [0.717, 1.165) is 32.4 Å². The van der Waals surface area contributed by atoms with Crippen molar-refractivity contribution < 1.29 is 5.11 Å². The van der Waals surface area contributed by atoms with Crippen molar-refractivity contribution >= 4 is 0 Å². The highest BCUT2D eigenvalue weighted by molar-refractivity contribution is 4.92. The molecule has 0 spiro atoms. The summed E-state index contributed by atoms with van der Waals surface area (Å²) in [7, 11) is 0. The molecule has 1 aliphatic carbocycles. The number of aliphatic hydroxyl groups excluding tert-OH is 1. The number of hydrogen-bond donors (Lipinski definition) is 1. The van der Waals surface area contributed by atoms with Crippen molar-refractivity contribution in [2.45, 2.75) is 65.5 Å². The third kappa shape index (κ3) is 3.18. The van der Waals surface area contributed by atoms with E-state index in [1.165, 1.54) is 6.42 Å². The van der Waals surface area contributed by atoms with Crippen LogP contribution in [0.5, 0.6) is 0 Å². The van der Waals surface area contributed by atoms with E-state index in [0.29, 0.717) is 11.5 Å². The normalized spacial score (nSPS) is 30.8. The second-order valence-corrected chi connectivity index (χ2v) is 5.56. The summed E-state index contributed by atoms with van der Waals surface area (Å²) in [5.41, 5.74) is 0.365. The Hall–Kier alpha value is -0.0800. The van der Waals surface area contributed by atoms with Crippen LogP contribution >= 0.6 is 0 Å². The van der Waals surface area contributed by atoms with Gasteiger partial charge < -0.3 is 10.0 Å². The second-order valence-electron chi connectivity index (χ2n) is 5.56. The summed E-state index contributed by atoms with van der Waals surface area (Å²) in [6.45, 7) is 11.4. The summed E-state index contributed by atoms with van der Waals surface area (Å²) in [5.74, 6) is 0. The molecule has 0 radical (unpaired) electrons. The molecular weight excluding hydrogens is 186 g/mol. The number of rotatable bonds is 4. The van der Waals surface area contributed by atoms with Crippen LogP contribution in [0.15, 0.2) is 0 Å². The molecular formula is C13H27NO. The summed E-state index contributed by atoms with van der Waals surface area (Å²) in [6, 6.07) is 0.561. The first-order valence-corrected chi connectivity index (χ1v) is 6.43. The lowest BCUT2D eigenvalue weighted by Gasteiger charge is -2.46. The van der Waals surface area contributed by atoms with Crippen LogP contribution < -0.4 is 0 Å². The first kappa shape index (κ1) is 13.0. The molecule has 0 aliphatic heterocycles. The third-order valence-electron chi connectivity index (χ3n) is 3.88. The van der Waals surface area contributed by atoms with E-state index in [2.05, 4.69) is 32.6 Å². The van der Waals surface area contributed by atoms with Gasteiger partial charge in [0.1, 0.15) is 0 Å². The largest absolute Gasteiger partial charge is 0.393 e. The van der Waals surface area contributed by atoms with Gasteiger partial charge in [0.25, 0.3) is 0 Å². The first-order chi connectivity index (χ1) is 7.01. The van der Waals surface area contributed by atoms with Crippen LogP contribution in [0.3, 0.4) is 0 Å². The fourth-order valence-corrected chi connectivity index (χ4v) is 2.86. The van der Waals surface area contributed by atoms with Crippen LogP contribution in [0.4, 0.5) is 0 Å². The zero-order valence-electron chi connectivity index (χ0n) is 10.8. The molecule has 0 aromatic heterocycles. The topological polar surface area (TPSA) is 23.5 Å². The smallest absolute Gasteiger partial charge is 0.0555 e. The van der Waals surface area contributed by atoms with Gasteiger partial charge in [0.2, 0.25) is 0 Å². The fourth-order valence-electron chi connectivity index (χ4n) is 2.86. The van der Waals surface area contributed by atoms with E-state index in [1.54, 1.807) is 0 Å². The molecule has 1 rings (SSSR count). The lowest BCUT2D eigenvalue weighted by atomic mass is 9.71. The number of hydrogen-bond acceptors (Lipinski definition) is 2. The Morgan fingerprint density at radius 1 is 1.33 bits per heavy atom. The lowest BCUT2D eigenvalue weighted by molar-refractivity contribution is -0.00950. The minimum absolute atomic E-state index is 0.0751. The van der Waals surface area contributed by atoms with E-state index in [-0.39, 0.29) is 6.10 Å². The quantitative estimate of drug-likeness (QED) is 0.776. The van der Waals surface area contributed by atoms with E-state index >= 15 is 0 Å². The zero-order valence-corrected chi connectivity index (χ0v) is 10.8. The maximum atomic E-state index is 9.80. The highest BCUT2D eigenvalue weighted by Gasteiger charge is 2.38. The Morgan fingerprint density at radius 3 is 2.53 bits per heavy atom. The van der Waals surface area contributed by atoms with Crippen molar-refractivity contribution in [3.05, 3.63) is 0 Å². The highest BCUT2D eigenvalue weighted by Crippen LogP contribution is 2.38. The van der Waals surface area contributed by atoms with Gasteiger partial charge in [0.05, 0.1) is 6.10 Å². The van der Waals surface area contributed by atoms with Gasteiger partial charge in [0.15, 0.2) is 0 Å². The van der Waals surface area contributed by atoms with Crippen molar-refractivity contribution in [1.29, 1.82) is 0 Å².